The molecule has 0 aliphatic carbocycles. The molecule has 1 N–H and O–H groups in total. The molecule has 28 heavy (non-hydrogen) atoms. The molecule has 4 nitrogen and oxygen atoms in total. The number of amidine groups is 1. The van der Waals surface area contributed by atoms with Crippen molar-refractivity contribution < 1.29 is 9.84 Å². The first kappa shape index (κ1) is 19.2. The Kier molecular flexibility index (Phi) is 5.80. The second kappa shape index (κ2) is 8.47. The van der Waals surface area contributed by atoms with Crippen LogP contribution in [0.4, 0.5) is 5.69 Å². The first-order valence-electron chi connectivity index (χ1n) is 9.14. The van der Waals surface area contributed by atoms with Crippen molar-refractivity contribution >= 4 is 38.8 Å². The van der Waals surface area contributed by atoms with Gasteiger partial charge in [-0.2, -0.15) is 0 Å². The average Bonchev–Trinajstić information content (AvgIpc) is 3.21. The van der Waals surface area contributed by atoms with E-state index in [-0.39, 0.29) is 12.6 Å². The lowest BCUT2D eigenvalue weighted by Gasteiger charge is -2.38. The molecule has 1 atom stereocenters. The highest BCUT2D eigenvalue weighted by Crippen LogP contribution is 2.42. The van der Waals surface area contributed by atoms with Gasteiger partial charge in [-0.3, -0.25) is 0 Å². The molecule has 0 saturated carbocycles. The number of aliphatic hydroxyl groups is 1. The summed E-state index contributed by atoms with van der Waals surface area (Å²) in [6.07, 6.45) is 0.675. The fourth-order valence-corrected chi connectivity index (χ4v) is 4.76. The van der Waals surface area contributed by atoms with E-state index in [1.54, 1.807) is 18.4 Å². The Balaban J connectivity index is 1.89. The molecule has 0 saturated heterocycles. The van der Waals surface area contributed by atoms with E-state index in [4.69, 9.17) is 9.73 Å². The van der Waals surface area contributed by atoms with E-state index >= 15 is 0 Å². The van der Waals surface area contributed by atoms with Crippen molar-refractivity contribution in [3.8, 4) is 5.75 Å². The molecule has 144 valence electrons. The summed E-state index contributed by atoms with van der Waals surface area (Å²) in [4.78, 5) is 8.37. The molecular formula is C22H21BrN2O2S. The van der Waals surface area contributed by atoms with E-state index in [0.717, 1.165) is 32.2 Å². The summed E-state index contributed by atoms with van der Waals surface area (Å²) in [5, 5.41) is 11.5. The molecule has 0 spiro atoms. The number of nitrogens with zero attached hydrogens (tertiary/aromatic N) is 2. The normalized spacial score (nSPS) is 15.9. The van der Waals surface area contributed by atoms with E-state index in [2.05, 4.69) is 57.2 Å². The van der Waals surface area contributed by atoms with Crippen LogP contribution >= 0.6 is 27.3 Å². The van der Waals surface area contributed by atoms with Crippen LogP contribution in [0.3, 0.4) is 0 Å². The van der Waals surface area contributed by atoms with Gasteiger partial charge in [-0.1, -0.05) is 46.3 Å². The van der Waals surface area contributed by atoms with Crippen LogP contribution in [0.25, 0.3) is 0 Å². The predicted molar refractivity (Wildman–Crippen MR) is 118 cm³/mol. The van der Waals surface area contributed by atoms with Crippen molar-refractivity contribution in [1.82, 2.24) is 4.90 Å². The van der Waals surface area contributed by atoms with E-state index in [0.29, 0.717) is 13.0 Å². The first-order chi connectivity index (χ1) is 13.7. The minimum Gasteiger partial charge on any atom is -0.496 e. The van der Waals surface area contributed by atoms with Crippen LogP contribution in [0.1, 0.15) is 28.5 Å². The lowest BCUT2D eigenvalue weighted by Crippen LogP contribution is -2.39. The van der Waals surface area contributed by atoms with Gasteiger partial charge in [0.05, 0.1) is 23.7 Å². The van der Waals surface area contributed by atoms with Crippen LogP contribution in [-0.4, -0.2) is 36.1 Å². The van der Waals surface area contributed by atoms with Crippen LogP contribution in [0.5, 0.6) is 5.75 Å². The highest BCUT2D eigenvalue weighted by molar-refractivity contribution is 9.10. The van der Waals surface area contributed by atoms with Crippen LogP contribution in [0.2, 0.25) is 0 Å². The monoisotopic (exact) mass is 456 g/mol. The number of thiophene rings is 1. The fourth-order valence-electron chi connectivity index (χ4n) is 3.53. The second-order valence-electron chi connectivity index (χ2n) is 6.57. The summed E-state index contributed by atoms with van der Waals surface area (Å²) >= 11 is 5.24. The molecule has 2 heterocycles. The number of ether oxygens (including phenoxy) is 1. The first-order valence-corrected chi connectivity index (χ1v) is 10.8. The number of hydrogen-bond acceptors (Lipinski definition) is 5. The standard InChI is InChI=1S/C22H21BrN2O2S/c1-27-17-13-20(28-14-17)22-24-19-9-8-16(23)12-18(19)21(25(22)10-5-11-26)15-6-3-2-4-7-15/h2-4,6-9,12-14,21,26H,5,10-11H2,1H3. The summed E-state index contributed by atoms with van der Waals surface area (Å²) in [5.41, 5.74) is 3.33. The van der Waals surface area contributed by atoms with Gasteiger partial charge in [0.25, 0.3) is 0 Å². The Morgan fingerprint density at radius 2 is 2.00 bits per heavy atom. The molecule has 0 amide bonds. The largest absolute Gasteiger partial charge is 0.496 e. The number of methoxy groups -OCH3 is 1. The lowest BCUT2D eigenvalue weighted by molar-refractivity contribution is 0.254. The van der Waals surface area contributed by atoms with Crippen LogP contribution in [-0.2, 0) is 0 Å². The van der Waals surface area contributed by atoms with Gasteiger partial charge >= 0.3 is 0 Å². The molecule has 6 heteroatoms. The molecule has 1 aromatic heterocycles. The Morgan fingerprint density at radius 3 is 2.71 bits per heavy atom. The zero-order valence-corrected chi connectivity index (χ0v) is 17.9. The molecular weight excluding hydrogens is 436 g/mol. The minimum absolute atomic E-state index is 0.0286. The topological polar surface area (TPSA) is 45.1 Å². The summed E-state index contributed by atoms with van der Waals surface area (Å²) in [6.45, 7) is 0.853. The van der Waals surface area contributed by atoms with Gasteiger partial charge in [-0.05, 0) is 30.2 Å². The van der Waals surface area contributed by atoms with Crippen molar-refractivity contribution in [2.24, 2.45) is 4.99 Å². The van der Waals surface area contributed by atoms with Gasteiger partial charge < -0.3 is 14.7 Å². The Labute approximate surface area is 177 Å². The molecule has 1 aliphatic rings. The molecule has 1 unspecified atom stereocenters. The quantitative estimate of drug-likeness (QED) is 0.540. The predicted octanol–water partition coefficient (Wildman–Crippen LogP) is 5.38. The average molecular weight is 457 g/mol. The van der Waals surface area contributed by atoms with Crippen LogP contribution in [0, 0.1) is 0 Å². The van der Waals surface area contributed by atoms with E-state index in [1.165, 1.54) is 5.56 Å². The highest BCUT2D eigenvalue weighted by Gasteiger charge is 2.32. The van der Waals surface area contributed by atoms with Crippen molar-refractivity contribution in [1.29, 1.82) is 0 Å². The van der Waals surface area contributed by atoms with Crippen molar-refractivity contribution in [3.05, 3.63) is 80.5 Å². The summed E-state index contributed by atoms with van der Waals surface area (Å²) in [5.74, 6) is 1.76. The fraction of sp³-hybridized carbons (Fsp3) is 0.227. The van der Waals surface area contributed by atoms with Gasteiger partial charge in [0, 0.05) is 34.6 Å². The summed E-state index contributed by atoms with van der Waals surface area (Å²) in [7, 11) is 1.68. The molecule has 2 aromatic carbocycles. The van der Waals surface area contributed by atoms with Crippen molar-refractivity contribution in [3.63, 3.8) is 0 Å². The Bertz CT molecular complexity index is 987. The number of halogens is 1. The number of hydrogen-bond donors (Lipinski definition) is 1. The van der Waals surface area contributed by atoms with Crippen molar-refractivity contribution in [2.75, 3.05) is 20.3 Å². The van der Waals surface area contributed by atoms with Gasteiger partial charge in [0.1, 0.15) is 11.6 Å². The maximum atomic E-state index is 9.50. The van der Waals surface area contributed by atoms with Crippen molar-refractivity contribution in [2.45, 2.75) is 12.5 Å². The third kappa shape index (κ3) is 3.72. The van der Waals surface area contributed by atoms with E-state index in [1.807, 2.05) is 23.6 Å². The Hall–Kier alpha value is -2.15. The minimum atomic E-state index is 0.0286. The molecule has 1 aliphatic heterocycles. The highest BCUT2D eigenvalue weighted by atomic mass is 79.9. The molecule has 3 aromatic rings. The molecule has 0 radical (unpaired) electrons. The molecule has 0 bridgehead atoms. The molecule has 0 fully saturated rings. The van der Waals surface area contributed by atoms with Gasteiger partial charge in [-0.15, -0.1) is 11.3 Å². The number of aliphatic imine (C=N–C) groups is 1. The zero-order chi connectivity index (χ0) is 19.5. The van der Waals surface area contributed by atoms with Gasteiger partial charge in [0.2, 0.25) is 0 Å². The van der Waals surface area contributed by atoms with Gasteiger partial charge in [0.15, 0.2) is 0 Å². The second-order valence-corrected chi connectivity index (χ2v) is 8.40. The number of fused-ring (bicyclic) bond motifs is 1. The molecule has 4 rings (SSSR count). The lowest BCUT2D eigenvalue weighted by atomic mass is 9.93. The van der Waals surface area contributed by atoms with Crippen LogP contribution < -0.4 is 4.74 Å². The van der Waals surface area contributed by atoms with Gasteiger partial charge in [-0.25, -0.2) is 4.99 Å². The smallest absolute Gasteiger partial charge is 0.147 e. The maximum Gasteiger partial charge on any atom is 0.147 e. The Morgan fingerprint density at radius 1 is 1.18 bits per heavy atom. The number of benzene rings is 2. The summed E-state index contributed by atoms with van der Waals surface area (Å²) < 4.78 is 6.42. The summed E-state index contributed by atoms with van der Waals surface area (Å²) in [6, 6.07) is 18.8. The third-order valence-corrected chi connectivity index (χ3v) is 6.20. The zero-order valence-electron chi connectivity index (χ0n) is 15.5. The SMILES string of the molecule is COc1csc(C2=Nc3ccc(Br)cc3C(c3ccccc3)N2CCCO)c1. The van der Waals surface area contributed by atoms with E-state index in [9.17, 15) is 5.11 Å². The van der Waals surface area contributed by atoms with E-state index < -0.39 is 0 Å². The maximum absolute atomic E-state index is 9.50. The van der Waals surface area contributed by atoms with Crippen LogP contribution in [0.15, 0.2) is 69.4 Å². The third-order valence-electron chi connectivity index (χ3n) is 4.80. The number of rotatable bonds is 6. The number of aliphatic hydroxyl groups excluding tert-OH is 1.